The Morgan fingerprint density at radius 1 is 1.44 bits per heavy atom. The van der Waals surface area contributed by atoms with E-state index in [9.17, 15) is 4.21 Å². The van der Waals surface area contributed by atoms with E-state index in [4.69, 9.17) is 16.9 Å². The summed E-state index contributed by atoms with van der Waals surface area (Å²) in [4.78, 5) is 0. The molecule has 98 valence electrons. The average molecular weight is 285 g/mol. The molecule has 0 unspecified atom stereocenters. The normalized spacial score (nSPS) is 14.8. The topological polar surface area (TPSA) is 52.9 Å². The van der Waals surface area contributed by atoms with Crippen molar-refractivity contribution in [3.63, 3.8) is 0 Å². The monoisotopic (exact) mass is 284 g/mol. The first-order valence-electron chi connectivity index (χ1n) is 5.65. The molecular weight excluding hydrogens is 268 g/mol. The summed E-state index contributed by atoms with van der Waals surface area (Å²) in [6.45, 7) is 5.64. The van der Waals surface area contributed by atoms with Crippen LogP contribution in [0.5, 0.6) is 0 Å². The van der Waals surface area contributed by atoms with Crippen molar-refractivity contribution in [2.45, 2.75) is 38.0 Å². The Hall–Kier alpha value is -0.890. The molecule has 0 heterocycles. The third-order valence-electron chi connectivity index (χ3n) is 2.38. The molecule has 5 heteroatoms. The van der Waals surface area contributed by atoms with Gasteiger partial charge in [0.1, 0.15) is 0 Å². The maximum Gasteiger partial charge on any atom is 0.0976 e. The fourth-order valence-electron chi connectivity index (χ4n) is 1.37. The fraction of sp³-hybridized carbons (Fsp3) is 0.462. The zero-order valence-electron chi connectivity index (χ0n) is 10.7. The number of nitrogens with zero attached hydrogens (tertiary/aromatic N) is 1. The highest BCUT2D eigenvalue weighted by molar-refractivity contribution is 7.84. The number of nitrogens with one attached hydrogen (secondary N) is 1. The van der Waals surface area contributed by atoms with Gasteiger partial charge in [0, 0.05) is 5.02 Å². The van der Waals surface area contributed by atoms with Crippen LogP contribution in [0, 0.1) is 11.3 Å². The summed E-state index contributed by atoms with van der Waals surface area (Å²) in [6.07, 6.45) is 0.228. The molecule has 1 N–H and O–H groups in total. The molecule has 0 saturated heterocycles. The van der Waals surface area contributed by atoms with Gasteiger partial charge >= 0.3 is 0 Å². The summed E-state index contributed by atoms with van der Waals surface area (Å²) >= 11 is 6.10. The number of halogens is 1. The zero-order valence-corrected chi connectivity index (χ0v) is 12.3. The first-order valence-corrected chi connectivity index (χ1v) is 7.18. The zero-order chi connectivity index (χ0) is 13.8. The number of hydrogen-bond donors (Lipinski definition) is 1. The van der Waals surface area contributed by atoms with Crippen molar-refractivity contribution < 1.29 is 4.21 Å². The van der Waals surface area contributed by atoms with Crippen molar-refractivity contribution >= 4 is 22.6 Å². The second-order valence-electron chi connectivity index (χ2n) is 4.94. The van der Waals surface area contributed by atoms with Crippen molar-refractivity contribution in [1.29, 1.82) is 5.26 Å². The molecule has 0 aromatic heterocycles. The Morgan fingerprint density at radius 3 is 2.56 bits per heavy atom. The van der Waals surface area contributed by atoms with E-state index in [1.54, 1.807) is 6.07 Å². The molecule has 0 fully saturated rings. The molecule has 2 atom stereocenters. The van der Waals surface area contributed by atoms with Gasteiger partial charge in [0.2, 0.25) is 0 Å². The molecular formula is C13H17ClN2OS. The number of rotatable bonds is 4. The van der Waals surface area contributed by atoms with Gasteiger partial charge < -0.3 is 0 Å². The van der Waals surface area contributed by atoms with E-state index < -0.39 is 11.0 Å². The number of benzene rings is 1. The lowest BCUT2D eigenvalue weighted by atomic mass is 10.1. The molecule has 1 rings (SSSR count). The minimum Gasteiger partial charge on any atom is -0.242 e. The summed E-state index contributed by atoms with van der Waals surface area (Å²) < 4.78 is 14.7. The van der Waals surface area contributed by atoms with Gasteiger partial charge in [-0.05, 0) is 32.4 Å². The smallest absolute Gasteiger partial charge is 0.0976 e. The maximum absolute atomic E-state index is 12.1. The van der Waals surface area contributed by atoms with E-state index in [0.29, 0.717) is 5.02 Å². The Labute approximate surface area is 116 Å². The lowest BCUT2D eigenvalue weighted by Crippen LogP contribution is -2.35. The molecule has 1 aromatic rings. The first kappa shape index (κ1) is 15.2. The van der Waals surface area contributed by atoms with Crippen LogP contribution in [0.1, 0.15) is 38.8 Å². The van der Waals surface area contributed by atoms with Crippen molar-refractivity contribution in [2.75, 3.05) is 0 Å². The molecule has 0 radical (unpaired) electrons. The Kier molecular flexibility index (Phi) is 5.33. The van der Waals surface area contributed by atoms with E-state index in [0.717, 1.165) is 5.56 Å². The predicted molar refractivity (Wildman–Crippen MR) is 75.5 cm³/mol. The van der Waals surface area contributed by atoms with Crippen LogP contribution < -0.4 is 4.72 Å². The lowest BCUT2D eigenvalue weighted by molar-refractivity contribution is 0.603. The third kappa shape index (κ3) is 4.09. The molecule has 0 amide bonds. The standard InChI is InChI=1S/C13H17ClN2OS/c1-13(2,3)18(17)16-12(8-9-15)10-6-4-5-7-11(10)14/h4-7,12,16H,8H2,1-3H3/t12-,18-/m1/s1. The van der Waals surface area contributed by atoms with E-state index in [2.05, 4.69) is 10.8 Å². The summed E-state index contributed by atoms with van der Waals surface area (Å²) in [5.74, 6) is 0. The van der Waals surface area contributed by atoms with E-state index >= 15 is 0 Å². The molecule has 0 aliphatic carbocycles. The Balaban J connectivity index is 2.95. The summed E-state index contributed by atoms with van der Waals surface area (Å²) in [5.41, 5.74) is 0.804. The van der Waals surface area contributed by atoms with Gasteiger partial charge in [0.05, 0.1) is 34.3 Å². The van der Waals surface area contributed by atoms with Crippen LogP contribution in [0.2, 0.25) is 5.02 Å². The van der Waals surface area contributed by atoms with Crippen LogP contribution in [0.25, 0.3) is 0 Å². The molecule has 0 aliphatic heterocycles. The Bertz CT molecular complexity index is 477. The van der Waals surface area contributed by atoms with Gasteiger partial charge in [0.25, 0.3) is 0 Å². The quantitative estimate of drug-likeness (QED) is 0.922. The van der Waals surface area contributed by atoms with Crippen molar-refractivity contribution in [3.8, 4) is 6.07 Å². The second kappa shape index (κ2) is 6.33. The second-order valence-corrected chi connectivity index (χ2v) is 7.34. The third-order valence-corrected chi connectivity index (χ3v) is 4.34. The predicted octanol–water partition coefficient (Wildman–Crippen LogP) is 3.35. The van der Waals surface area contributed by atoms with Crippen LogP contribution in [0.15, 0.2) is 24.3 Å². The van der Waals surface area contributed by atoms with Gasteiger partial charge in [-0.3, -0.25) is 0 Å². The maximum atomic E-state index is 12.1. The van der Waals surface area contributed by atoms with Gasteiger partial charge in [-0.15, -0.1) is 0 Å². The molecule has 18 heavy (non-hydrogen) atoms. The molecule has 0 bridgehead atoms. The van der Waals surface area contributed by atoms with Crippen LogP contribution >= 0.6 is 11.6 Å². The molecule has 0 spiro atoms. The van der Waals surface area contributed by atoms with Gasteiger partial charge in [-0.25, -0.2) is 8.93 Å². The highest BCUT2D eigenvalue weighted by Crippen LogP contribution is 2.26. The van der Waals surface area contributed by atoms with E-state index in [1.165, 1.54) is 0 Å². The molecule has 3 nitrogen and oxygen atoms in total. The first-order chi connectivity index (χ1) is 8.36. The Morgan fingerprint density at radius 2 is 2.06 bits per heavy atom. The highest BCUT2D eigenvalue weighted by Gasteiger charge is 2.24. The van der Waals surface area contributed by atoms with Gasteiger partial charge in [-0.1, -0.05) is 29.8 Å². The van der Waals surface area contributed by atoms with Gasteiger partial charge in [-0.2, -0.15) is 5.26 Å². The van der Waals surface area contributed by atoms with Crippen LogP contribution in [0.3, 0.4) is 0 Å². The molecule has 1 aromatic carbocycles. The summed E-state index contributed by atoms with van der Waals surface area (Å²) in [7, 11) is -1.24. The summed E-state index contributed by atoms with van der Waals surface area (Å²) in [6, 6.07) is 9.07. The highest BCUT2D eigenvalue weighted by atomic mass is 35.5. The largest absolute Gasteiger partial charge is 0.242 e. The van der Waals surface area contributed by atoms with Crippen LogP contribution in [-0.2, 0) is 11.0 Å². The van der Waals surface area contributed by atoms with Crippen molar-refractivity contribution in [2.24, 2.45) is 0 Å². The molecule has 0 aliphatic rings. The van der Waals surface area contributed by atoms with E-state index in [1.807, 2.05) is 39.0 Å². The van der Waals surface area contributed by atoms with Gasteiger partial charge in [0.15, 0.2) is 0 Å². The minimum atomic E-state index is -1.24. The van der Waals surface area contributed by atoms with E-state index in [-0.39, 0.29) is 17.2 Å². The SMILES string of the molecule is CC(C)(C)[S@@](=O)N[C@H](CC#N)c1ccccc1Cl. The number of hydrogen-bond acceptors (Lipinski definition) is 2. The van der Waals surface area contributed by atoms with Crippen molar-refractivity contribution in [3.05, 3.63) is 34.9 Å². The van der Waals surface area contributed by atoms with Crippen LogP contribution in [0.4, 0.5) is 0 Å². The fourth-order valence-corrected chi connectivity index (χ4v) is 2.46. The minimum absolute atomic E-state index is 0.228. The summed E-state index contributed by atoms with van der Waals surface area (Å²) in [5, 5.41) is 9.45. The average Bonchev–Trinajstić information content (AvgIpc) is 2.28. The molecule has 0 saturated carbocycles. The lowest BCUT2D eigenvalue weighted by Gasteiger charge is -2.23. The van der Waals surface area contributed by atoms with Crippen LogP contribution in [-0.4, -0.2) is 8.96 Å². The number of nitriles is 1. The van der Waals surface area contributed by atoms with Crippen molar-refractivity contribution in [1.82, 2.24) is 4.72 Å².